The lowest BCUT2D eigenvalue weighted by atomic mass is 10.3. The molecule has 6 heteroatoms. The summed E-state index contributed by atoms with van der Waals surface area (Å²) in [5, 5.41) is 5.05. The second-order valence-electron chi connectivity index (χ2n) is 5.33. The average Bonchev–Trinajstić information content (AvgIpc) is 2.56. The van der Waals surface area contributed by atoms with Crippen molar-refractivity contribution in [2.75, 3.05) is 17.7 Å². The number of ether oxygens (including phenoxy) is 2. The molecule has 2 rings (SSSR count). The lowest BCUT2D eigenvalue weighted by molar-refractivity contribution is -0.132. The van der Waals surface area contributed by atoms with Crippen LogP contribution < -0.4 is 20.1 Å². The number of carbonyl (C=O) groups is 2. The van der Waals surface area contributed by atoms with Gasteiger partial charge >= 0.3 is 11.8 Å². The standard InChI is InChI=1S/C18H20N2O4/c1-12(2)24-16-10-6-14(7-11-16)20-18(22)17(21)19-13-4-8-15(23-3)9-5-13/h4-12H,1-3H3,(H,19,21)(H,20,22). The van der Waals surface area contributed by atoms with Gasteiger partial charge in [-0.1, -0.05) is 0 Å². The smallest absolute Gasteiger partial charge is 0.314 e. The Morgan fingerprint density at radius 2 is 1.21 bits per heavy atom. The van der Waals surface area contributed by atoms with E-state index >= 15 is 0 Å². The SMILES string of the molecule is COc1ccc(NC(=O)C(=O)Nc2ccc(OC(C)C)cc2)cc1. The summed E-state index contributed by atoms with van der Waals surface area (Å²) in [6, 6.07) is 13.5. The van der Waals surface area contributed by atoms with Gasteiger partial charge in [0.1, 0.15) is 11.5 Å². The van der Waals surface area contributed by atoms with E-state index in [1.54, 1.807) is 55.6 Å². The number of benzene rings is 2. The first-order valence-corrected chi connectivity index (χ1v) is 7.51. The molecular formula is C18H20N2O4. The molecule has 2 amide bonds. The van der Waals surface area contributed by atoms with Crippen LogP contribution in [0.1, 0.15) is 13.8 Å². The number of methoxy groups -OCH3 is 1. The summed E-state index contributed by atoms with van der Waals surface area (Å²) >= 11 is 0. The summed E-state index contributed by atoms with van der Waals surface area (Å²) in [4.78, 5) is 23.8. The normalized spacial score (nSPS) is 10.2. The van der Waals surface area contributed by atoms with Gasteiger partial charge in [-0.3, -0.25) is 9.59 Å². The van der Waals surface area contributed by atoms with Crippen LogP contribution >= 0.6 is 0 Å². The molecule has 126 valence electrons. The molecule has 0 bridgehead atoms. The van der Waals surface area contributed by atoms with Gasteiger partial charge in [-0.25, -0.2) is 0 Å². The van der Waals surface area contributed by atoms with Crippen molar-refractivity contribution in [3.63, 3.8) is 0 Å². The summed E-state index contributed by atoms with van der Waals surface area (Å²) in [5.41, 5.74) is 1.03. The van der Waals surface area contributed by atoms with Crippen LogP contribution in [0, 0.1) is 0 Å². The Hall–Kier alpha value is -3.02. The second kappa shape index (κ2) is 8.01. The van der Waals surface area contributed by atoms with Crippen LogP contribution in [0.25, 0.3) is 0 Å². The number of hydrogen-bond donors (Lipinski definition) is 2. The van der Waals surface area contributed by atoms with Gasteiger partial charge < -0.3 is 20.1 Å². The largest absolute Gasteiger partial charge is 0.497 e. The van der Waals surface area contributed by atoms with E-state index in [0.717, 1.165) is 0 Å². The molecule has 6 nitrogen and oxygen atoms in total. The summed E-state index contributed by atoms with van der Waals surface area (Å²) < 4.78 is 10.5. The van der Waals surface area contributed by atoms with Gasteiger partial charge in [0.2, 0.25) is 0 Å². The Morgan fingerprint density at radius 3 is 1.58 bits per heavy atom. The zero-order chi connectivity index (χ0) is 17.5. The van der Waals surface area contributed by atoms with Crippen LogP contribution in [0.3, 0.4) is 0 Å². The van der Waals surface area contributed by atoms with Crippen LogP contribution in [-0.4, -0.2) is 25.0 Å². The van der Waals surface area contributed by atoms with Crippen molar-refractivity contribution < 1.29 is 19.1 Å². The van der Waals surface area contributed by atoms with Crippen LogP contribution in [0.5, 0.6) is 11.5 Å². The molecule has 0 fully saturated rings. The zero-order valence-corrected chi connectivity index (χ0v) is 13.8. The highest BCUT2D eigenvalue weighted by molar-refractivity contribution is 6.43. The maximum absolute atomic E-state index is 11.9. The number of rotatable bonds is 5. The van der Waals surface area contributed by atoms with E-state index in [-0.39, 0.29) is 6.10 Å². The zero-order valence-electron chi connectivity index (χ0n) is 13.8. The first kappa shape index (κ1) is 17.3. The molecule has 2 aromatic carbocycles. The highest BCUT2D eigenvalue weighted by Gasteiger charge is 2.14. The van der Waals surface area contributed by atoms with Crippen LogP contribution in [0.15, 0.2) is 48.5 Å². The van der Waals surface area contributed by atoms with Crippen molar-refractivity contribution in [2.24, 2.45) is 0 Å². The monoisotopic (exact) mass is 328 g/mol. The first-order chi connectivity index (χ1) is 11.5. The van der Waals surface area contributed by atoms with Gasteiger partial charge in [-0.2, -0.15) is 0 Å². The highest BCUT2D eigenvalue weighted by Crippen LogP contribution is 2.17. The molecule has 0 radical (unpaired) electrons. The summed E-state index contributed by atoms with van der Waals surface area (Å²) in [5.74, 6) is -0.127. The quantitative estimate of drug-likeness (QED) is 0.827. The molecule has 0 unspecified atom stereocenters. The minimum absolute atomic E-state index is 0.0701. The molecule has 0 aliphatic carbocycles. The summed E-state index contributed by atoms with van der Waals surface area (Å²) in [7, 11) is 1.55. The molecule has 0 aliphatic heterocycles. The van der Waals surface area contributed by atoms with E-state index in [4.69, 9.17) is 9.47 Å². The molecule has 0 spiro atoms. The fraction of sp³-hybridized carbons (Fsp3) is 0.222. The predicted molar refractivity (Wildman–Crippen MR) is 92.5 cm³/mol. The van der Waals surface area contributed by atoms with Crippen LogP contribution in [0.2, 0.25) is 0 Å². The Labute approximate surface area is 140 Å². The first-order valence-electron chi connectivity index (χ1n) is 7.51. The average molecular weight is 328 g/mol. The van der Waals surface area contributed by atoms with E-state index < -0.39 is 11.8 Å². The molecule has 0 saturated carbocycles. The maximum atomic E-state index is 11.9. The lowest BCUT2D eigenvalue weighted by Crippen LogP contribution is -2.29. The van der Waals surface area contributed by atoms with Gasteiger partial charge in [-0.05, 0) is 62.4 Å². The predicted octanol–water partition coefficient (Wildman–Crippen LogP) is 3.06. The van der Waals surface area contributed by atoms with Crippen molar-refractivity contribution >= 4 is 23.2 Å². The van der Waals surface area contributed by atoms with E-state index in [0.29, 0.717) is 22.9 Å². The van der Waals surface area contributed by atoms with Crippen molar-refractivity contribution in [1.29, 1.82) is 0 Å². The third-order valence-corrected chi connectivity index (χ3v) is 3.04. The highest BCUT2D eigenvalue weighted by atomic mass is 16.5. The summed E-state index contributed by atoms with van der Waals surface area (Å²) in [6.45, 7) is 3.86. The number of amides is 2. The second-order valence-corrected chi connectivity index (χ2v) is 5.33. The molecule has 0 aliphatic rings. The van der Waals surface area contributed by atoms with E-state index in [9.17, 15) is 9.59 Å². The Balaban J connectivity index is 1.92. The van der Waals surface area contributed by atoms with Gasteiger partial charge in [0, 0.05) is 11.4 Å². The Bertz CT molecular complexity index is 694. The molecule has 0 aromatic heterocycles. The number of anilines is 2. The fourth-order valence-corrected chi connectivity index (χ4v) is 1.94. The van der Waals surface area contributed by atoms with Crippen molar-refractivity contribution in [2.45, 2.75) is 20.0 Å². The maximum Gasteiger partial charge on any atom is 0.314 e. The third-order valence-electron chi connectivity index (χ3n) is 3.04. The van der Waals surface area contributed by atoms with Gasteiger partial charge in [0.05, 0.1) is 13.2 Å². The van der Waals surface area contributed by atoms with E-state index in [1.165, 1.54) is 0 Å². The third kappa shape index (κ3) is 5.01. The van der Waals surface area contributed by atoms with Crippen molar-refractivity contribution in [3.05, 3.63) is 48.5 Å². The lowest BCUT2D eigenvalue weighted by Gasteiger charge is -2.10. The number of hydrogen-bond acceptors (Lipinski definition) is 4. The number of nitrogens with one attached hydrogen (secondary N) is 2. The molecule has 0 heterocycles. The summed E-state index contributed by atoms with van der Waals surface area (Å²) in [6.07, 6.45) is 0.0701. The molecule has 2 aromatic rings. The van der Waals surface area contributed by atoms with Gasteiger partial charge in [0.25, 0.3) is 0 Å². The Morgan fingerprint density at radius 1 is 0.792 bits per heavy atom. The van der Waals surface area contributed by atoms with Crippen LogP contribution in [0.4, 0.5) is 11.4 Å². The van der Waals surface area contributed by atoms with Crippen molar-refractivity contribution in [3.8, 4) is 11.5 Å². The molecule has 0 saturated heterocycles. The fourth-order valence-electron chi connectivity index (χ4n) is 1.94. The molecule has 24 heavy (non-hydrogen) atoms. The number of carbonyl (C=O) groups excluding carboxylic acids is 2. The molecule has 2 N–H and O–H groups in total. The topological polar surface area (TPSA) is 76.7 Å². The van der Waals surface area contributed by atoms with Crippen molar-refractivity contribution in [1.82, 2.24) is 0 Å². The van der Waals surface area contributed by atoms with Gasteiger partial charge in [0.15, 0.2) is 0 Å². The van der Waals surface area contributed by atoms with E-state index in [1.807, 2.05) is 13.8 Å². The molecule has 0 atom stereocenters. The van der Waals surface area contributed by atoms with E-state index in [2.05, 4.69) is 10.6 Å². The Kier molecular flexibility index (Phi) is 5.78. The van der Waals surface area contributed by atoms with Crippen LogP contribution in [-0.2, 0) is 9.59 Å². The molecular weight excluding hydrogens is 308 g/mol. The minimum atomic E-state index is -0.748. The van der Waals surface area contributed by atoms with Gasteiger partial charge in [-0.15, -0.1) is 0 Å². The minimum Gasteiger partial charge on any atom is -0.497 e.